The minimum absolute atomic E-state index is 0.152. The van der Waals surface area contributed by atoms with Crippen LogP contribution in [-0.4, -0.2) is 24.0 Å². The molecule has 0 radical (unpaired) electrons. The van der Waals surface area contributed by atoms with Crippen LogP contribution in [0.25, 0.3) is 0 Å². The molecule has 172 valence electrons. The molecule has 0 aliphatic carbocycles. The van der Waals surface area contributed by atoms with Crippen molar-refractivity contribution in [1.29, 1.82) is 0 Å². The first-order valence-corrected chi connectivity index (χ1v) is 9.79. The second kappa shape index (κ2) is 10.2. The van der Waals surface area contributed by atoms with Crippen LogP contribution in [-0.2, 0) is 17.5 Å². The van der Waals surface area contributed by atoms with E-state index in [9.17, 15) is 22.8 Å². The predicted octanol–water partition coefficient (Wildman–Crippen LogP) is 5.65. The number of pyridine rings is 1. The molecule has 0 saturated carbocycles. The quantitative estimate of drug-likeness (QED) is 0.476. The molecule has 7 nitrogen and oxygen atoms in total. The number of amides is 2. The summed E-state index contributed by atoms with van der Waals surface area (Å²) in [7, 11) is 1.48. The van der Waals surface area contributed by atoms with Crippen LogP contribution < -0.4 is 15.4 Å². The van der Waals surface area contributed by atoms with Crippen LogP contribution in [0.2, 0.25) is 5.02 Å². The summed E-state index contributed by atoms with van der Waals surface area (Å²) in [4.78, 5) is 27.6. The molecule has 0 aliphatic heterocycles. The Bertz CT molecular complexity index is 1150. The molecule has 0 unspecified atom stereocenters. The van der Waals surface area contributed by atoms with E-state index in [1.807, 2.05) is 0 Å². The maximum absolute atomic E-state index is 12.6. The van der Waals surface area contributed by atoms with E-state index in [0.29, 0.717) is 17.1 Å². The highest BCUT2D eigenvalue weighted by Gasteiger charge is 2.29. The molecule has 0 aliphatic rings. The van der Waals surface area contributed by atoms with Crippen LogP contribution in [0.5, 0.6) is 11.5 Å². The molecular weight excluding hydrogens is 463 g/mol. The Morgan fingerprint density at radius 3 is 2.36 bits per heavy atom. The number of anilines is 1. The summed E-state index contributed by atoms with van der Waals surface area (Å²) in [6, 6.07) is 11.8. The normalized spacial score (nSPS) is 10.9. The van der Waals surface area contributed by atoms with Gasteiger partial charge in [0.15, 0.2) is 0 Å². The van der Waals surface area contributed by atoms with Gasteiger partial charge in [-0.15, -0.1) is 0 Å². The first-order chi connectivity index (χ1) is 15.7. The van der Waals surface area contributed by atoms with Crippen LogP contribution in [0.15, 0.2) is 60.8 Å². The summed E-state index contributed by atoms with van der Waals surface area (Å²) in [5.41, 5.74) is 0.0141. The fraction of sp³-hybridized carbons (Fsp3) is 0.136. The van der Waals surface area contributed by atoms with Crippen LogP contribution in [0.4, 0.5) is 23.7 Å². The molecule has 33 heavy (non-hydrogen) atoms. The van der Waals surface area contributed by atoms with Crippen molar-refractivity contribution in [2.24, 2.45) is 0 Å². The Kier molecular flexibility index (Phi) is 7.39. The Hall–Kier alpha value is -3.79. The Labute approximate surface area is 191 Å². The maximum atomic E-state index is 12.6. The van der Waals surface area contributed by atoms with Gasteiger partial charge in [-0.3, -0.25) is 15.1 Å². The second-order valence-electron chi connectivity index (χ2n) is 6.60. The number of carbonyl (C=O) groups excluding carboxylic acids is 2. The number of aromatic nitrogens is 1. The summed E-state index contributed by atoms with van der Waals surface area (Å²) in [5, 5.41) is 5.06. The fourth-order valence-electron chi connectivity index (χ4n) is 2.61. The van der Waals surface area contributed by atoms with E-state index in [4.69, 9.17) is 21.1 Å². The molecule has 3 rings (SSSR count). The van der Waals surface area contributed by atoms with Crippen molar-refractivity contribution in [3.05, 3.63) is 82.6 Å². The highest BCUT2D eigenvalue weighted by atomic mass is 35.5. The molecule has 3 aromatic rings. The third kappa shape index (κ3) is 6.59. The van der Waals surface area contributed by atoms with E-state index in [2.05, 4.69) is 15.6 Å². The minimum Gasteiger partial charge on any atom is -0.457 e. The number of ether oxygens (including phenoxy) is 2. The van der Waals surface area contributed by atoms with E-state index >= 15 is 0 Å². The lowest BCUT2D eigenvalue weighted by atomic mass is 10.1. The number of hydrogen-bond acceptors (Lipinski definition) is 5. The molecule has 2 aromatic carbocycles. The minimum atomic E-state index is -4.44. The molecule has 1 heterocycles. The van der Waals surface area contributed by atoms with E-state index in [1.165, 1.54) is 49.6 Å². The molecule has 0 bridgehead atoms. The second-order valence-corrected chi connectivity index (χ2v) is 7.00. The van der Waals surface area contributed by atoms with Gasteiger partial charge in [-0.2, -0.15) is 13.2 Å². The highest BCUT2D eigenvalue weighted by Crippen LogP contribution is 2.31. The molecule has 1 aromatic heterocycles. The number of nitrogens with zero attached hydrogens (tertiary/aromatic N) is 1. The van der Waals surface area contributed by atoms with Gasteiger partial charge in [0, 0.05) is 25.4 Å². The van der Waals surface area contributed by atoms with Gasteiger partial charge in [-0.05, 0) is 35.9 Å². The van der Waals surface area contributed by atoms with Gasteiger partial charge < -0.3 is 14.8 Å². The van der Waals surface area contributed by atoms with Crippen molar-refractivity contribution in [3.8, 4) is 11.5 Å². The summed E-state index contributed by atoms with van der Waals surface area (Å²) in [5.74, 6) is 0.335. The maximum Gasteiger partial charge on any atom is 0.416 e. The van der Waals surface area contributed by atoms with Gasteiger partial charge in [-0.1, -0.05) is 23.7 Å². The standard InChI is InChI=1S/C22H17ClF3N3O4/c1-27-20(30)19-11-16(8-9-28-19)33-15-6-7-18(17(23)10-15)29-21(31)32-12-13-2-4-14(5-3-13)22(24,25)26/h2-11H,12H2,1H3,(H,27,30)(H,29,31). The van der Waals surface area contributed by atoms with Gasteiger partial charge >= 0.3 is 12.3 Å². The van der Waals surface area contributed by atoms with Crippen molar-refractivity contribution >= 4 is 29.3 Å². The number of hydrogen-bond donors (Lipinski definition) is 2. The molecule has 0 fully saturated rings. The topological polar surface area (TPSA) is 89.6 Å². The van der Waals surface area contributed by atoms with E-state index in [0.717, 1.165) is 12.1 Å². The van der Waals surface area contributed by atoms with Crippen LogP contribution >= 0.6 is 11.6 Å². The lowest BCUT2D eigenvalue weighted by Crippen LogP contribution is -2.18. The average Bonchev–Trinajstić information content (AvgIpc) is 2.79. The molecule has 0 atom stereocenters. The monoisotopic (exact) mass is 479 g/mol. The first-order valence-electron chi connectivity index (χ1n) is 9.41. The van der Waals surface area contributed by atoms with Gasteiger partial charge in [0.1, 0.15) is 23.8 Å². The predicted molar refractivity (Wildman–Crippen MR) is 114 cm³/mol. The lowest BCUT2D eigenvalue weighted by molar-refractivity contribution is -0.137. The largest absolute Gasteiger partial charge is 0.457 e. The Balaban J connectivity index is 1.57. The number of benzene rings is 2. The first kappa shape index (κ1) is 23.9. The van der Waals surface area contributed by atoms with Crippen LogP contribution in [0, 0.1) is 0 Å². The number of nitrogens with one attached hydrogen (secondary N) is 2. The van der Waals surface area contributed by atoms with Crippen molar-refractivity contribution in [3.63, 3.8) is 0 Å². The number of carbonyl (C=O) groups is 2. The van der Waals surface area contributed by atoms with Crippen LogP contribution in [0.3, 0.4) is 0 Å². The molecule has 2 amide bonds. The molecule has 11 heteroatoms. The van der Waals surface area contributed by atoms with Crippen molar-refractivity contribution in [2.45, 2.75) is 12.8 Å². The highest BCUT2D eigenvalue weighted by molar-refractivity contribution is 6.33. The molecule has 0 saturated heterocycles. The summed E-state index contributed by atoms with van der Waals surface area (Å²) in [6.07, 6.45) is -3.85. The number of halogens is 4. The van der Waals surface area contributed by atoms with Gasteiger partial charge in [0.25, 0.3) is 5.91 Å². The molecule has 0 spiro atoms. The molecule has 2 N–H and O–H groups in total. The zero-order valence-electron chi connectivity index (χ0n) is 17.1. The molecular formula is C22H17ClF3N3O4. The fourth-order valence-corrected chi connectivity index (χ4v) is 2.83. The number of rotatable bonds is 6. The third-order valence-electron chi connectivity index (χ3n) is 4.26. The van der Waals surface area contributed by atoms with E-state index < -0.39 is 17.8 Å². The van der Waals surface area contributed by atoms with Crippen LogP contribution in [0.1, 0.15) is 21.6 Å². The Morgan fingerprint density at radius 1 is 1.03 bits per heavy atom. The van der Waals surface area contributed by atoms with Gasteiger partial charge in [-0.25, -0.2) is 4.79 Å². The smallest absolute Gasteiger partial charge is 0.416 e. The van der Waals surface area contributed by atoms with E-state index in [1.54, 1.807) is 6.07 Å². The van der Waals surface area contributed by atoms with Crippen molar-refractivity contribution in [1.82, 2.24) is 10.3 Å². The van der Waals surface area contributed by atoms with E-state index in [-0.39, 0.29) is 28.9 Å². The number of alkyl halides is 3. The summed E-state index contributed by atoms with van der Waals surface area (Å²) >= 11 is 6.19. The SMILES string of the molecule is CNC(=O)c1cc(Oc2ccc(NC(=O)OCc3ccc(C(F)(F)F)cc3)c(Cl)c2)ccn1. The summed E-state index contributed by atoms with van der Waals surface area (Å²) < 4.78 is 48.5. The lowest BCUT2D eigenvalue weighted by Gasteiger charge is -2.11. The van der Waals surface area contributed by atoms with Crippen molar-refractivity contribution in [2.75, 3.05) is 12.4 Å². The van der Waals surface area contributed by atoms with Gasteiger partial charge in [0.05, 0.1) is 16.3 Å². The van der Waals surface area contributed by atoms with Gasteiger partial charge in [0.2, 0.25) is 0 Å². The summed E-state index contributed by atoms with van der Waals surface area (Å²) in [6.45, 7) is -0.224. The third-order valence-corrected chi connectivity index (χ3v) is 4.57. The Morgan fingerprint density at radius 2 is 1.73 bits per heavy atom. The zero-order valence-corrected chi connectivity index (χ0v) is 17.8. The zero-order chi connectivity index (χ0) is 24.0. The van der Waals surface area contributed by atoms with Crippen molar-refractivity contribution < 1.29 is 32.2 Å². The average molecular weight is 480 g/mol.